The lowest BCUT2D eigenvalue weighted by atomic mass is 9.87. The standard InChI is InChI=1S/C17H18FN3O2/c18-15-3-1-12(2-4-15)16(22)13-6-9-21(10-7-13)17(23)14-5-8-19-20-11-14/h1-5,8,11,13,16,22H,6-7,9-10H2/t16-/m0/s1. The van der Waals surface area contributed by atoms with E-state index in [4.69, 9.17) is 0 Å². The van der Waals surface area contributed by atoms with Gasteiger partial charge in [-0.25, -0.2) is 4.39 Å². The summed E-state index contributed by atoms with van der Waals surface area (Å²) >= 11 is 0. The molecule has 1 aliphatic rings. The number of nitrogens with zero attached hydrogens (tertiary/aromatic N) is 3. The second kappa shape index (κ2) is 6.83. The number of hydrogen-bond donors (Lipinski definition) is 1. The first-order valence-electron chi connectivity index (χ1n) is 7.64. The van der Waals surface area contributed by atoms with Gasteiger partial charge in [0.1, 0.15) is 5.82 Å². The minimum atomic E-state index is -0.629. The molecule has 1 aliphatic heterocycles. The summed E-state index contributed by atoms with van der Waals surface area (Å²) in [6.07, 6.45) is 3.75. The van der Waals surface area contributed by atoms with Gasteiger partial charge in [-0.2, -0.15) is 10.2 Å². The van der Waals surface area contributed by atoms with Crippen molar-refractivity contribution in [3.05, 3.63) is 59.7 Å². The van der Waals surface area contributed by atoms with Gasteiger partial charge >= 0.3 is 0 Å². The minimum Gasteiger partial charge on any atom is -0.388 e. The van der Waals surface area contributed by atoms with Crippen molar-refractivity contribution in [1.82, 2.24) is 15.1 Å². The van der Waals surface area contributed by atoms with Crippen LogP contribution < -0.4 is 0 Å². The van der Waals surface area contributed by atoms with E-state index in [9.17, 15) is 14.3 Å². The molecule has 5 nitrogen and oxygen atoms in total. The van der Waals surface area contributed by atoms with Crippen LogP contribution >= 0.6 is 0 Å². The van der Waals surface area contributed by atoms with Crippen LogP contribution in [0.15, 0.2) is 42.7 Å². The molecule has 1 aromatic carbocycles. The number of aromatic nitrogens is 2. The van der Waals surface area contributed by atoms with Crippen molar-refractivity contribution >= 4 is 5.91 Å². The smallest absolute Gasteiger partial charge is 0.255 e. The number of aliphatic hydroxyl groups excluding tert-OH is 1. The van der Waals surface area contributed by atoms with E-state index < -0.39 is 6.10 Å². The van der Waals surface area contributed by atoms with Crippen molar-refractivity contribution < 1.29 is 14.3 Å². The molecule has 0 saturated carbocycles. The fourth-order valence-corrected chi connectivity index (χ4v) is 2.95. The maximum Gasteiger partial charge on any atom is 0.255 e. The fourth-order valence-electron chi connectivity index (χ4n) is 2.95. The van der Waals surface area contributed by atoms with Crippen LogP contribution in [0.4, 0.5) is 4.39 Å². The number of halogens is 1. The Morgan fingerprint density at radius 3 is 2.48 bits per heavy atom. The van der Waals surface area contributed by atoms with Gasteiger partial charge in [-0.15, -0.1) is 0 Å². The van der Waals surface area contributed by atoms with Crippen molar-refractivity contribution in [2.24, 2.45) is 5.92 Å². The van der Waals surface area contributed by atoms with Crippen molar-refractivity contribution in [2.75, 3.05) is 13.1 Å². The molecule has 0 aliphatic carbocycles. The molecule has 1 atom stereocenters. The molecular formula is C17H18FN3O2. The van der Waals surface area contributed by atoms with Crippen LogP contribution in [0.1, 0.15) is 34.9 Å². The van der Waals surface area contributed by atoms with Crippen LogP contribution in [0.2, 0.25) is 0 Å². The molecule has 2 aromatic rings. The Morgan fingerprint density at radius 1 is 1.17 bits per heavy atom. The molecule has 1 fully saturated rings. The van der Waals surface area contributed by atoms with Gasteiger partial charge < -0.3 is 10.0 Å². The highest BCUT2D eigenvalue weighted by atomic mass is 19.1. The van der Waals surface area contributed by atoms with Crippen molar-refractivity contribution in [3.63, 3.8) is 0 Å². The van der Waals surface area contributed by atoms with E-state index in [0.717, 1.165) is 5.56 Å². The lowest BCUT2D eigenvalue weighted by Gasteiger charge is -2.34. The summed E-state index contributed by atoms with van der Waals surface area (Å²) < 4.78 is 13.0. The van der Waals surface area contributed by atoms with Gasteiger partial charge in [-0.05, 0) is 42.5 Å². The minimum absolute atomic E-state index is 0.0605. The van der Waals surface area contributed by atoms with Gasteiger partial charge in [-0.1, -0.05) is 12.1 Å². The molecule has 2 heterocycles. The average Bonchev–Trinajstić information content (AvgIpc) is 2.62. The number of piperidine rings is 1. The van der Waals surface area contributed by atoms with Gasteiger partial charge in [0.05, 0.1) is 24.1 Å². The van der Waals surface area contributed by atoms with Gasteiger partial charge in [-0.3, -0.25) is 4.79 Å². The summed E-state index contributed by atoms with van der Waals surface area (Å²) in [6.45, 7) is 1.17. The summed E-state index contributed by atoms with van der Waals surface area (Å²) in [7, 11) is 0. The van der Waals surface area contributed by atoms with Crippen LogP contribution in [0, 0.1) is 11.7 Å². The summed E-state index contributed by atoms with van der Waals surface area (Å²) in [5.41, 5.74) is 1.24. The molecule has 0 radical (unpaired) electrons. The number of carbonyl (C=O) groups is 1. The van der Waals surface area contributed by atoms with Crippen molar-refractivity contribution in [2.45, 2.75) is 18.9 Å². The van der Waals surface area contributed by atoms with Gasteiger partial charge in [0.15, 0.2) is 0 Å². The maximum atomic E-state index is 13.0. The summed E-state index contributed by atoms with van der Waals surface area (Å²) in [5, 5.41) is 17.8. The number of rotatable bonds is 3. The molecule has 1 aromatic heterocycles. The normalized spacial score (nSPS) is 17.0. The van der Waals surface area contributed by atoms with Crippen LogP contribution in [0.3, 0.4) is 0 Å². The summed E-state index contributed by atoms with van der Waals surface area (Å²) in [5.74, 6) is -0.304. The van der Waals surface area contributed by atoms with Gasteiger partial charge in [0.2, 0.25) is 0 Å². The molecule has 1 amide bonds. The Hall–Kier alpha value is -2.34. The molecule has 1 saturated heterocycles. The number of aliphatic hydroxyl groups is 1. The average molecular weight is 315 g/mol. The van der Waals surface area contributed by atoms with E-state index in [0.29, 0.717) is 31.5 Å². The van der Waals surface area contributed by atoms with Crippen LogP contribution in [-0.4, -0.2) is 39.2 Å². The van der Waals surface area contributed by atoms with E-state index >= 15 is 0 Å². The Morgan fingerprint density at radius 2 is 1.87 bits per heavy atom. The number of carbonyl (C=O) groups excluding carboxylic acids is 1. The maximum absolute atomic E-state index is 13.0. The zero-order chi connectivity index (χ0) is 16.2. The lowest BCUT2D eigenvalue weighted by molar-refractivity contribution is 0.0461. The van der Waals surface area contributed by atoms with Crippen LogP contribution in [0.25, 0.3) is 0 Å². The predicted octanol–water partition coefficient (Wildman–Crippen LogP) is 2.20. The first-order valence-corrected chi connectivity index (χ1v) is 7.64. The second-order valence-corrected chi connectivity index (χ2v) is 5.76. The van der Waals surface area contributed by atoms with E-state index in [2.05, 4.69) is 10.2 Å². The highest BCUT2D eigenvalue weighted by molar-refractivity contribution is 5.93. The third-order valence-electron chi connectivity index (χ3n) is 4.32. The zero-order valence-electron chi connectivity index (χ0n) is 12.6. The highest BCUT2D eigenvalue weighted by Gasteiger charge is 2.28. The number of amides is 1. The third-order valence-corrected chi connectivity index (χ3v) is 4.32. The SMILES string of the molecule is O=C(c1ccnnc1)N1CCC([C@@H](O)c2ccc(F)cc2)CC1. The Bertz CT molecular complexity index is 655. The lowest BCUT2D eigenvalue weighted by Crippen LogP contribution is -2.39. The molecule has 0 spiro atoms. The fraction of sp³-hybridized carbons (Fsp3) is 0.353. The molecule has 23 heavy (non-hydrogen) atoms. The molecule has 6 heteroatoms. The van der Waals surface area contributed by atoms with E-state index in [1.807, 2.05) is 0 Å². The van der Waals surface area contributed by atoms with Crippen molar-refractivity contribution in [1.29, 1.82) is 0 Å². The quantitative estimate of drug-likeness (QED) is 0.943. The van der Waals surface area contributed by atoms with E-state index in [1.165, 1.54) is 24.5 Å². The Balaban J connectivity index is 1.60. The Kier molecular flexibility index (Phi) is 4.62. The molecule has 0 bridgehead atoms. The zero-order valence-corrected chi connectivity index (χ0v) is 12.6. The molecular weight excluding hydrogens is 297 g/mol. The van der Waals surface area contributed by atoms with Gasteiger partial charge in [0.25, 0.3) is 5.91 Å². The largest absolute Gasteiger partial charge is 0.388 e. The van der Waals surface area contributed by atoms with E-state index in [1.54, 1.807) is 23.1 Å². The van der Waals surface area contributed by atoms with Gasteiger partial charge in [0, 0.05) is 13.1 Å². The van der Waals surface area contributed by atoms with E-state index in [-0.39, 0.29) is 17.6 Å². The number of likely N-dealkylation sites (tertiary alicyclic amines) is 1. The molecule has 0 unspecified atom stereocenters. The monoisotopic (exact) mass is 315 g/mol. The summed E-state index contributed by atoms with van der Waals surface area (Å²) in [6, 6.07) is 7.58. The Labute approximate surface area is 133 Å². The molecule has 3 rings (SSSR count). The second-order valence-electron chi connectivity index (χ2n) is 5.76. The molecule has 1 N–H and O–H groups in total. The predicted molar refractivity (Wildman–Crippen MR) is 82.0 cm³/mol. The van der Waals surface area contributed by atoms with Crippen LogP contribution in [-0.2, 0) is 0 Å². The third kappa shape index (κ3) is 3.53. The first-order chi connectivity index (χ1) is 11.1. The topological polar surface area (TPSA) is 66.3 Å². The first kappa shape index (κ1) is 15.6. The molecule has 120 valence electrons. The number of benzene rings is 1. The van der Waals surface area contributed by atoms with Crippen molar-refractivity contribution in [3.8, 4) is 0 Å². The van der Waals surface area contributed by atoms with Crippen LogP contribution in [0.5, 0.6) is 0 Å². The highest BCUT2D eigenvalue weighted by Crippen LogP contribution is 2.31. The summed E-state index contributed by atoms with van der Waals surface area (Å²) in [4.78, 5) is 14.1. The number of hydrogen-bond acceptors (Lipinski definition) is 4.